The largest absolute Gasteiger partial charge is 0.303 e. The molecule has 0 saturated heterocycles. The van der Waals surface area contributed by atoms with Crippen molar-refractivity contribution in [3.05, 3.63) is 54.1 Å². The van der Waals surface area contributed by atoms with Crippen molar-refractivity contribution in [2.45, 2.75) is 48.6 Å². The quantitative estimate of drug-likeness (QED) is 0.639. The van der Waals surface area contributed by atoms with E-state index in [1.807, 2.05) is 16.9 Å². The zero-order chi connectivity index (χ0) is 15.9. The molecule has 0 aliphatic heterocycles. The van der Waals surface area contributed by atoms with Crippen LogP contribution in [-0.2, 0) is 5.75 Å². The standard InChI is InChI=1S/C18H19N5S/c1-10-19-22(11-1)15-6-2-13(3-7-15)12-24-18-21-20-17(14-4-5-14)23(18)16-8-9-16/h1-3,6-7,10-11,14,16H,4-5,8-9,12H2. The highest BCUT2D eigenvalue weighted by Gasteiger charge is 2.36. The summed E-state index contributed by atoms with van der Waals surface area (Å²) < 4.78 is 4.29. The number of hydrogen-bond donors (Lipinski definition) is 0. The van der Waals surface area contributed by atoms with Crippen molar-refractivity contribution in [3.8, 4) is 5.69 Å². The third-order valence-electron chi connectivity index (χ3n) is 4.62. The summed E-state index contributed by atoms with van der Waals surface area (Å²) in [4.78, 5) is 0. The maximum absolute atomic E-state index is 4.48. The monoisotopic (exact) mass is 337 g/mol. The van der Waals surface area contributed by atoms with E-state index in [9.17, 15) is 0 Å². The fourth-order valence-electron chi connectivity index (χ4n) is 3.00. The van der Waals surface area contributed by atoms with Gasteiger partial charge in [0.15, 0.2) is 5.16 Å². The lowest BCUT2D eigenvalue weighted by Crippen LogP contribution is -2.02. The summed E-state index contributed by atoms with van der Waals surface area (Å²) in [5, 5.41) is 14.3. The second-order valence-corrected chi connectivity index (χ2v) is 7.56. The van der Waals surface area contributed by atoms with Crippen LogP contribution >= 0.6 is 11.8 Å². The highest BCUT2D eigenvalue weighted by Crippen LogP contribution is 2.46. The molecule has 2 aliphatic carbocycles. The summed E-state index contributed by atoms with van der Waals surface area (Å²) in [5.41, 5.74) is 2.39. The Morgan fingerprint density at radius 3 is 2.54 bits per heavy atom. The lowest BCUT2D eigenvalue weighted by molar-refractivity contribution is 0.627. The van der Waals surface area contributed by atoms with Crippen molar-refractivity contribution >= 4 is 11.8 Å². The molecule has 0 spiro atoms. The van der Waals surface area contributed by atoms with Gasteiger partial charge in [-0.1, -0.05) is 23.9 Å². The average molecular weight is 337 g/mol. The number of hydrogen-bond acceptors (Lipinski definition) is 4. The first kappa shape index (κ1) is 14.3. The molecule has 0 unspecified atom stereocenters. The topological polar surface area (TPSA) is 48.5 Å². The lowest BCUT2D eigenvalue weighted by Gasteiger charge is -2.08. The van der Waals surface area contributed by atoms with Gasteiger partial charge in [-0.25, -0.2) is 4.68 Å². The van der Waals surface area contributed by atoms with Crippen LogP contribution in [0.15, 0.2) is 47.9 Å². The summed E-state index contributed by atoms with van der Waals surface area (Å²) in [6.07, 6.45) is 8.88. The highest BCUT2D eigenvalue weighted by molar-refractivity contribution is 7.98. The Morgan fingerprint density at radius 2 is 1.88 bits per heavy atom. The van der Waals surface area contributed by atoms with Crippen LogP contribution in [0.2, 0.25) is 0 Å². The molecule has 5 nitrogen and oxygen atoms in total. The first-order valence-electron chi connectivity index (χ1n) is 8.55. The number of rotatable bonds is 6. The molecule has 0 radical (unpaired) electrons. The third-order valence-corrected chi connectivity index (χ3v) is 5.63. The van der Waals surface area contributed by atoms with Gasteiger partial charge in [0.1, 0.15) is 5.82 Å². The summed E-state index contributed by atoms with van der Waals surface area (Å²) in [5.74, 6) is 2.82. The Balaban J connectivity index is 1.31. The van der Waals surface area contributed by atoms with E-state index in [0.29, 0.717) is 12.0 Å². The van der Waals surface area contributed by atoms with Gasteiger partial charge in [0, 0.05) is 30.1 Å². The van der Waals surface area contributed by atoms with E-state index in [1.54, 1.807) is 18.0 Å². The average Bonchev–Trinajstić information content (AvgIpc) is 3.55. The van der Waals surface area contributed by atoms with E-state index >= 15 is 0 Å². The molecule has 2 saturated carbocycles. The molecule has 1 aromatic carbocycles. The molecule has 2 aliphatic rings. The van der Waals surface area contributed by atoms with Crippen LogP contribution in [-0.4, -0.2) is 24.5 Å². The van der Waals surface area contributed by atoms with E-state index < -0.39 is 0 Å². The van der Waals surface area contributed by atoms with E-state index in [4.69, 9.17) is 0 Å². The van der Waals surface area contributed by atoms with E-state index in [0.717, 1.165) is 16.6 Å². The van der Waals surface area contributed by atoms with Gasteiger partial charge in [-0.05, 0) is 49.4 Å². The molecule has 2 aromatic heterocycles. The Bertz CT molecular complexity index is 829. The zero-order valence-electron chi connectivity index (χ0n) is 13.4. The molecule has 122 valence electrons. The fraction of sp³-hybridized carbons (Fsp3) is 0.389. The van der Waals surface area contributed by atoms with Crippen LogP contribution in [0.4, 0.5) is 0 Å². The summed E-state index contributed by atoms with van der Waals surface area (Å²) in [6, 6.07) is 11.2. The molecule has 0 amide bonds. The van der Waals surface area contributed by atoms with Gasteiger partial charge in [-0.2, -0.15) is 5.10 Å². The molecule has 0 N–H and O–H groups in total. The second-order valence-electron chi connectivity index (χ2n) is 6.62. The van der Waals surface area contributed by atoms with Crippen molar-refractivity contribution in [3.63, 3.8) is 0 Å². The van der Waals surface area contributed by atoms with Crippen LogP contribution in [0.5, 0.6) is 0 Å². The zero-order valence-corrected chi connectivity index (χ0v) is 14.2. The molecular weight excluding hydrogens is 318 g/mol. The van der Waals surface area contributed by atoms with Crippen molar-refractivity contribution < 1.29 is 0 Å². The first-order valence-corrected chi connectivity index (χ1v) is 9.53. The van der Waals surface area contributed by atoms with Crippen molar-refractivity contribution in [1.29, 1.82) is 0 Å². The Kier molecular flexibility index (Phi) is 3.43. The number of thioether (sulfide) groups is 1. The Hall–Kier alpha value is -2.08. The molecule has 24 heavy (non-hydrogen) atoms. The summed E-state index contributed by atoms with van der Waals surface area (Å²) >= 11 is 1.80. The first-order chi connectivity index (χ1) is 11.9. The van der Waals surface area contributed by atoms with Gasteiger partial charge < -0.3 is 4.57 Å². The number of nitrogens with zero attached hydrogens (tertiary/aromatic N) is 5. The van der Waals surface area contributed by atoms with Crippen LogP contribution in [0, 0.1) is 0 Å². The maximum atomic E-state index is 4.48. The Morgan fingerprint density at radius 1 is 1.04 bits per heavy atom. The summed E-state index contributed by atoms with van der Waals surface area (Å²) in [7, 11) is 0. The van der Waals surface area contributed by atoms with E-state index in [-0.39, 0.29) is 0 Å². The second kappa shape index (κ2) is 5.77. The molecule has 2 heterocycles. The van der Waals surface area contributed by atoms with Gasteiger partial charge in [-0.3, -0.25) is 0 Å². The van der Waals surface area contributed by atoms with Gasteiger partial charge in [0.25, 0.3) is 0 Å². The molecule has 0 atom stereocenters. The fourth-order valence-corrected chi connectivity index (χ4v) is 3.97. The van der Waals surface area contributed by atoms with E-state index in [1.165, 1.54) is 37.1 Å². The normalized spacial score (nSPS) is 17.3. The molecule has 5 rings (SSSR count). The molecule has 2 fully saturated rings. The van der Waals surface area contributed by atoms with Gasteiger partial charge in [-0.15, -0.1) is 10.2 Å². The number of aromatic nitrogens is 5. The molecule has 3 aromatic rings. The highest BCUT2D eigenvalue weighted by atomic mass is 32.2. The van der Waals surface area contributed by atoms with Crippen LogP contribution in [0.3, 0.4) is 0 Å². The van der Waals surface area contributed by atoms with Crippen molar-refractivity contribution in [2.75, 3.05) is 0 Å². The minimum atomic E-state index is 0.653. The van der Waals surface area contributed by atoms with Crippen LogP contribution in [0.1, 0.15) is 49.0 Å². The minimum Gasteiger partial charge on any atom is -0.303 e. The predicted molar refractivity (Wildman–Crippen MR) is 93.4 cm³/mol. The lowest BCUT2D eigenvalue weighted by atomic mass is 10.2. The van der Waals surface area contributed by atoms with Gasteiger partial charge >= 0.3 is 0 Å². The van der Waals surface area contributed by atoms with Gasteiger partial charge in [0.05, 0.1) is 5.69 Å². The van der Waals surface area contributed by atoms with Gasteiger partial charge in [0.2, 0.25) is 0 Å². The Labute approximate surface area is 145 Å². The molecule has 6 heteroatoms. The number of benzene rings is 1. The molecular formula is C18H19N5S. The maximum Gasteiger partial charge on any atom is 0.191 e. The molecule has 0 bridgehead atoms. The predicted octanol–water partition coefficient (Wildman–Crippen LogP) is 3.97. The van der Waals surface area contributed by atoms with E-state index in [2.05, 4.69) is 44.1 Å². The SMILES string of the molecule is c1cnn(-c2ccc(CSc3nnc(C4CC4)n3C3CC3)cc2)c1. The summed E-state index contributed by atoms with van der Waals surface area (Å²) in [6.45, 7) is 0. The minimum absolute atomic E-state index is 0.653. The van der Waals surface area contributed by atoms with Crippen molar-refractivity contribution in [2.24, 2.45) is 0 Å². The van der Waals surface area contributed by atoms with Crippen LogP contribution < -0.4 is 0 Å². The smallest absolute Gasteiger partial charge is 0.191 e. The third kappa shape index (κ3) is 2.75. The van der Waals surface area contributed by atoms with Crippen LogP contribution in [0.25, 0.3) is 5.69 Å². The van der Waals surface area contributed by atoms with Crippen molar-refractivity contribution in [1.82, 2.24) is 24.5 Å².